The Balaban J connectivity index is 2.36. The summed E-state index contributed by atoms with van der Waals surface area (Å²) in [6, 6.07) is 6.28. The van der Waals surface area contributed by atoms with Gasteiger partial charge in [-0.25, -0.2) is 0 Å². The molecule has 2 rings (SSSR count). The summed E-state index contributed by atoms with van der Waals surface area (Å²) in [5, 5.41) is 18.8. The van der Waals surface area contributed by atoms with Crippen LogP contribution in [0.1, 0.15) is 0 Å². The third kappa shape index (κ3) is 1.87. The van der Waals surface area contributed by atoms with Crippen LogP contribution in [0.4, 0.5) is 5.69 Å². The summed E-state index contributed by atoms with van der Waals surface area (Å²) in [7, 11) is -3.24. The van der Waals surface area contributed by atoms with Gasteiger partial charge in [0.25, 0.3) is 0 Å². The van der Waals surface area contributed by atoms with Crippen molar-refractivity contribution in [3.63, 3.8) is 0 Å². The Labute approximate surface area is 88.4 Å². The maximum atomic E-state index is 9.59. The fourth-order valence-electron chi connectivity index (χ4n) is 1.45. The molecule has 84 valence electrons. The van der Waals surface area contributed by atoms with Gasteiger partial charge in [0, 0.05) is 0 Å². The number of β-amino-alcohol motifs (C(OH)–C–C–N with tert-alkyl or cyclic N) is 1. The van der Waals surface area contributed by atoms with Gasteiger partial charge >= 0.3 is 0 Å². The second-order valence-electron chi connectivity index (χ2n) is 3.20. The van der Waals surface area contributed by atoms with E-state index in [9.17, 15) is 19.3 Å². The summed E-state index contributed by atoms with van der Waals surface area (Å²) >= 11 is 0. The molecule has 1 atom stereocenters. The van der Waals surface area contributed by atoms with E-state index >= 15 is 0 Å². The van der Waals surface area contributed by atoms with Crippen LogP contribution in [0.5, 0.6) is 5.75 Å². The number of hydrogen-bond acceptors (Lipinski definition) is 6. The molecule has 1 saturated heterocycles. The fraction of sp³-hybridized carbons (Fsp3) is 0.250. The molecule has 1 aromatic rings. The molecular formula is C8H12N2O4S. The number of phenols is 1. The lowest BCUT2D eigenvalue weighted by Crippen LogP contribution is -2.25. The standard InChI is InChI=1S/C8H12N2O4S/c11-7-4-2-1-3-6(7)10-5-8(12)9-15(10,13)14/h1-4,8-9,11-14H,5H2. The number of aliphatic hydroxyl groups excluding tert-OH is 1. The number of nitrogens with zero attached hydrogens (tertiary/aromatic N) is 1. The molecule has 0 aliphatic carbocycles. The number of nitrogens with one attached hydrogen (secondary N) is 1. The predicted octanol–water partition coefficient (Wildman–Crippen LogP) is 0.701. The molecule has 0 saturated carbocycles. The van der Waals surface area contributed by atoms with Crippen LogP contribution in [-0.2, 0) is 0 Å². The van der Waals surface area contributed by atoms with Crippen molar-refractivity contribution in [3.8, 4) is 5.75 Å². The van der Waals surface area contributed by atoms with Crippen LogP contribution in [0.3, 0.4) is 0 Å². The number of benzene rings is 1. The number of anilines is 1. The van der Waals surface area contributed by atoms with Crippen molar-refractivity contribution < 1.29 is 19.3 Å². The molecule has 1 unspecified atom stereocenters. The molecule has 0 amide bonds. The minimum absolute atomic E-state index is 0.0138. The van der Waals surface area contributed by atoms with Crippen LogP contribution in [-0.4, -0.2) is 32.1 Å². The van der Waals surface area contributed by atoms with Crippen molar-refractivity contribution in [2.75, 3.05) is 10.8 Å². The third-order valence-corrected chi connectivity index (χ3v) is 3.64. The zero-order valence-corrected chi connectivity index (χ0v) is 8.55. The van der Waals surface area contributed by atoms with Gasteiger partial charge in [-0.3, -0.25) is 13.4 Å². The molecule has 0 aromatic heterocycles. The summed E-state index contributed by atoms with van der Waals surface area (Å²) in [6.07, 6.45) is -1.02. The van der Waals surface area contributed by atoms with Gasteiger partial charge in [0.1, 0.15) is 17.7 Å². The number of hydrogen-bond donors (Lipinski definition) is 5. The summed E-state index contributed by atoms with van der Waals surface area (Å²) in [5.41, 5.74) is 0.279. The lowest BCUT2D eigenvalue weighted by atomic mass is 10.3. The Morgan fingerprint density at radius 3 is 2.53 bits per heavy atom. The van der Waals surface area contributed by atoms with E-state index in [4.69, 9.17) is 0 Å². The van der Waals surface area contributed by atoms with Gasteiger partial charge in [-0.15, -0.1) is 0 Å². The highest BCUT2D eigenvalue weighted by atomic mass is 32.3. The molecule has 1 aliphatic rings. The van der Waals surface area contributed by atoms with E-state index in [1.165, 1.54) is 6.07 Å². The van der Waals surface area contributed by atoms with Crippen molar-refractivity contribution >= 4 is 16.6 Å². The summed E-state index contributed by atoms with van der Waals surface area (Å²) in [5.74, 6) is -0.0617. The summed E-state index contributed by atoms with van der Waals surface area (Å²) < 4.78 is 22.5. The first kappa shape index (κ1) is 10.5. The maximum Gasteiger partial charge on any atom is 0.142 e. The SMILES string of the molecule is Oc1ccccc1N1CC(O)NS1(O)O. The molecule has 7 heteroatoms. The van der Waals surface area contributed by atoms with Crippen molar-refractivity contribution in [1.29, 1.82) is 0 Å². The lowest BCUT2D eigenvalue weighted by Gasteiger charge is -2.36. The minimum atomic E-state index is -3.24. The van der Waals surface area contributed by atoms with Crippen molar-refractivity contribution in [3.05, 3.63) is 24.3 Å². The minimum Gasteiger partial charge on any atom is -0.506 e. The van der Waals surface area contributed by atoms with E-state index in [0.29, 0.717) is 0 Å². The van der Waals surface area contributed by atoms with E-state index in [1.54, 1.807) is 18.2 Å². The highest BCUT2D eigenvalue weighted by Gasteiger charge is 2.35. The first-order valence-electron chi connectivity index (χ1n) is 4.30. The quantitative estimate of drug-likeness (QED) is 0.489. The number of phenolic OH excluding ortho intramolecular Hbond substituents is 1. The van der Waals surface area contributed by atoms with Crippen LogP contribution in [0.2, 0.25) is 0 Å². The van der Waals surface area contributed by atoms with E-state index in [-0.39, 0.29) is 18.0 Å². The molecule has 1 aromatic carbocycles. The molecule has 0 radical (unpaired) electrons. The van der Waals surface area contributed by atoms with Crippen LogP contribution < -0.4 is 9.03 Å². The Hall–Kier alpha value is -0.990. The highest BCUT2D eigenvalue weighted by molar-refractivity contribution is 8.24. The highest BCUT2D eigenvalue weighted by Crippen LogP contribution is 2.48. The van der Waals surface area contributed by atoms with E-state index in [2.05, 4.69) is 4.72 Å². The van der Waals surface area contributed by atoms with Gasteiger partial charge in [0.15, 0.2) is 0 Å². The lowest BCUT2D eigenvalue weighted by molar-refractivity contribution is 0.182. The molecule has 15 heavy (non-hydrogen) atoms. The van der Waals surface area contributed by atoms with Crippen molar-refractivity contribution in [2.24, 2.45) is 0 Å². The predicted molar refractivity (Wildman–Crippen MR) is 57.4 cm³/mol. The zero-order valence-electron chi connectivity index (χ0n) is 7.74. The summed E-state index contributed by atoms with van der Waals surface area (Å²) in [6.45, 7) is 0.0138. The van der Waals surface area contributed by atoms with Gasteiger partial charge < -0.3 is 10.2 Å². The zero-order chi connectivity index (χ0) is 11.1. The second-order valence-corrected chi connectivity index (χ2v) is 4.92. The molecule has 1 heterocycles. The number of para-hydroxylation sites is 2. The van der Waals surface area contributed by atoms with Gasteiger partial charge in [-0.05, 0) is 12.1 Å². The van der Waals surface area contributed by atoms with E-state index < -0.39 is 17.2 Å². The van der Waals surface area contributed by atoms with Crippen LogP contribution in [0, 0.1) is 0 Å². The average molecular weight is 232 g/mol. The van der Waals surface area contributed by atoms with Gasteiger partial charge in [0.05, 0.1) is 6.54 Å². The van der Waals surface area contributed by atoms with Crippen molar-refractivity contribution in [1.82, 2.24) is 4.72 Å². The molecule has 0 bridgehead atoms. The first-order valence-corrected chi connectivity index (χ1v) is 5.80. The second kappa shape index (κ2) is 3.54. The van der Waals surface area contributed by atoms with Gasteiger partial charge in [0.2, 0.25) is 0 Å². The van der Waals surface area contributed by atoms with Crippen LogP contribution in [0.15, 0.2) is 24.3 Å². The Morgan fingerprint density at radius 1 is 1.33 bits per heavy atom. The largest absolute Gasteiger partial charge is 0.506 e. The molecular weight excluding hydrogens is 220 g/mol. The van der Waals surface area contributed by atoms with E-state index in [1.807, 2.05) is 0 Å². The molecule has 1 fully saturated rings. The number of aromatic hydroxyl groups is 1. The maximum absolute atomic E-state index is 9.59. The Bertz CT molecular complexity index is 373. The van der Waals surface area contributed by atoms with Crippen molar-refractivity contribution in [2.45, 2.75) is 6.23 Å². The van der Waals surface area contributed by atoms with Crippen LogP contribution >= 0.6 is 11.0 Å². The first-order chi connectivity index (χ1) is 7.00. The molecule has 0 spiro atoms. The third-order valence-electron chi connectivity index (χ3n) is 2.09. The Morgan fingerprint density at radius 2 is 2.00 bits per heavy atom. The normalized spacial score (nSPS) is 26.6. The molecule has 1 aliphatic heterocycles. The topological polar surface area (TPSA) is 96.2 Å². The van der Waals surface area contributed by atoms with E-state index in [0.717, 1.165) is 4.31 Å². The number of rotatable bonds is 1. The van der Waals surface area contributed by atoms with Crippen LogP contribution in [0.25, 0.3) is 0 Å². The van der Waals surface area contributed by atoms with Gasteiger partial charge in [-0.2, -0.15) is 4.72 Å². The fourth-order valence-corrected chi connectivity index (χ4v) is 2.80. The van der Waals surface area contributed by atoms with Gasteiger partial charge in [-0.1, -0.05) is 23.1 Å². The monoisotopic (exact) mass is 232 g/mol. The Kier molecular flexibility index (Phi) is 2.49. The summed E-state index contributed by atoms with van der Waals surface area (Å²) in [4.78, 5) is 0. The number of aliphatic hydroxyl groups is 1. The average Bonchev–Trinajstić information content (AvgIpc) is 2.40. The smallest absolute Gasteiger partial charge is 0.142 e. The molecule has 6 nitrogen and oxygen atoms in total. The molecule has 5 N–H and O–H groups in total.